The average Bonchev–Trinajstić information content (AvgIpc) is 2.97. The van der Waals surface area contributed by atoms with Crippen molar-refractivity contribution in [3.8, 4) is 0 Å². The van der Waals surface area contributed by atoms with Crippen molar-refractivity contribution in [1.29, 1.82) is 0 Å². The molecule has 0 saturated carbocycles. The molecule has 0 amide bonds. The van der Waals surface area contributed by atoms with Gasteiger partial charge in [-0.2, -0.15) is 0 Å². The van der Waals surface area contributed by atoms with E-state index in [9.17, 15) is 0 Å². The van der Waals surface area contributed by atoms with Crippen LogP contribution in [0.3, 0.4) is 0 Å². The summed E-state index contributed by atoms with van der Waals surface area (Å²) in [5.41, 5.74) is 0. The number of methoxy groups -OCH3 is 1. The number of likely N-dealkylation sites (tertiary alicyclic amines) is 1. The molecule has 2 aliphatic heterocycles. The third-order valence-corrected chi connectivity index (χ3v) is 5.16. The Morgan fingerprint density at radius 1 is 1.17 bits per heavy atom. The van der Waals surface area contributed by atoms with Gasteiger partial charge in [0.15, 0.2) is 0 Å². The van der Waals surface area contributed by atoms with Crippen LogP contribution in [0, 0.1) is 0 Å². The maximum absolute atomic E-state index is 5.42. The molecule has 7 nitrogen and oxygen atoms in total. The highest BCUT2D eigenvalue weighted by Gasteiger charge is 2.26. The highest BCUT2D eigenvalue weighted by Crippen LogP contribution is 2.26. The van der Waals surface area contributed by atoms with E-state index in [2.05, 4.69) is 31.6 Å². The van der Waals surface area contributed by atoms with E-state index in [4.69, 9.17) is 9.47 Å². The zero-order valence-corrected chi connectivity index (χ0v) is 15.1. The van der Waals surface area contributed by atoms with Gasteiger partial charge in [-0.25, -0.2) is 0 Å². The molecule has 3 heterocycles. The van der Waals surface area contributed by atoms with E-state index in [0.29, 0.717) is 5.92 Å². The first kappa shape index (κ1) is 17.8. The summed E-state index contributed by atoms with van der Waals surface area (Å²) in [6, 6.07) is 0. The second-order valence-electron chi connectivity index (χ2n) is 6.91. The Labute approximate surface area is 144 Å². The van der Waals surface area contributed by atoms with Crippen molar-refractivity contribution in [3.63, 3.8) is 0 Å². The van der Waals surface area contributed by atoms with Gasteiger partial charge in [0.05, 0.1) is 19.8 Å². The average molecular weight is 337 g/mol. The van der Waals surface area contributed by atoms with Crippen LogP contribution in [0.25, 0.3) is 0 Å². The first-order chi connectivity index (χ1) is 11.8. The topological polar surface area (TPSA) is 55.6 Å². The van der Waals surface area contributed by atoms with E-state index in [-0.39, 0.29) is 0 Å². The number of piperidine rings is 1. The highest BCUT2D eigenvalue weighted by atomic mass is 16.5. The maximum Gasteiger partial charge on any atom is 0.146 e. The summed E-state index contributed by atoms with van der Waals surface area (Å²) in [7, 11) is 3.89. The number of aromatic nitrogens is 3. The molecule has 3 rings (SSSR count). The smallest absolute Gasteiger partial charge is 0.146 e. The van der Waals surface area contributed by atoms with Crippen LogP contribution in [-0.4, -0.2) is 84.2 Å². The van der Waals surface area contributed by atoms with E-state index < -0.39 is 0 Å². The van der Waals surface area contributed by atoms with Crippen molar-refractivity contribution in [3.05, 3.63) is 11.6 Å². The van der Waals surface area contributed by atoms with Crippen LogP contribution < -0.4 is 0 Å². The normalized spacial score (nSPS) is 23.7. The molecule has 0 spiro atoms. The molecule has 0 N–H and O–H groups in total. The third-order valence-electron chi connectivity index (χ3n) is 5.16. The lowest BCUT2D eigenvalue weighted by Gasteiger charge is -2.32. The molecule has 0 bridgehead atoms. The van der Waals surface area contributed by atoms with Crippen LogP contribution in [0.2, 0.25) is 0 Å². The van der Waals surface area contributed by atoms with Crippen molar-refractivity contribution in [1.82, 2.24) is 24.6 Å². The predicted octanol–water partition coefficient (Wildman–Crippen LogP) is 0.863. The summed E-state index contributed by atoms with van der Waals surface area (Å²) in [6.07, 6.45) is 3.55. The molecule has 1 atom stereocenters. The van der Waals surface area contributed by atoms with Crippen molar-refractivity contribution in [2.45, 2.75) is 31.7 Å². The van der Waals surface area contributed by atoms with E-state index in [1.54, 1.807) is 7.11 Å². The maximum atomic E-state index is 5.42. The van der Waals surface area contributed by atoms with Gasteiger partial charge in [0, 0.05) is 52.9 Å². The Hall–Kier alpha value is -1.02. The Balaban J connectivity index is 1.57. The first-order valence-electron chi connectivity index (χ1n) is 9.17. The second kappa shape index (κ2) is 8.89. The largest absolute Gasteiger partial charge is 0.385 e. The number of hydrogen-bond donors (Lipinski definition) is 0. The van der Waals surface area contributed by atoms with Gasteiger partial charge in [-0.1, -0.05) is 0 Å². The van der Waals surface area contributed by atoms with Crippen molar-refractivity contribution >= 4 is 0 Å². The van der Waals surface area contributed by atoms with Crippen LogP contribution in [0.1, 0.15) is 36.8 Å². The summed E-state index contributed by atoms with van der Waals surface area (Å²) in [4.78, 5) is 4.94. The molecule has 7 heteroatoms. The minimum Gasteiger partial charge on any atom is -0.385 e. The molecule has 0 aliphatic carbocycles. The zero-order chi connectivity index (χ0) is 16.8. The number of morpholine rings is 1. The van der Waals surface area contributed by atoms with Crippen molar-refractivity contribution in [2.75, 3.05) is 59.7 Å². The van der Waals surface area contributed by atoms with Gasteiger partial charge in [-0.05, 0) is 25.8 Å². The summed E-state index contributed by atoms with van der Waals surface area (Å²) in [5.74, 6) is 2.72. The van der Waals surface area contributed by atoms with Gasteiger partial charge in [0.1, 0.15) is 11.6 Å². The summed E-state index contributed by atoms with van der Waals surface area (Å²) >= 11 is 0. The van der Waals surface area contributed by atoms with Gasteiger partial charge in [0.25, 0.3) is 0 Å². The monoisotopic (exact) mass is 337 g/mol. The van der Waals surface area contributed by atoms with Crippen LogP contribution in [0.5, 0.6) is 0 Å². The fourth-order valence-electron chi connectivity index (χ4n) is 3.73. The Morgan fingerprint density at radius 3 is 2.79 bits per heavy atom. The molecule has 1 aromatic heterocycles. The molecule has 136 valence electrons. The number of ether oxygens (including phenoxy) is 2. The molecule has 2 fully saturated rings. The number of rotatable bonds is 7. The number of hydrogen-bond acceptors (Lipinski definition) is 6. The van der Waals surface area contributed by atoms with E-state index in [1.165, 1.54) is 19.4 Å². The third kappa shape index (κ3) is 4.53. The minimum atomic E-state index is 0.497. The van der Waals surface area contributed by atoms with Gasteiger partial charge in [0.2, 0.25) is 0 Å². The van der Waals surface area contributed by atoms with Gasteiger partial charge in [-0.3, -0.25) is 4.90 Å². The molecule has 2 saturated heterocycles. The summed E-state index contributed by atoms with van der Waals surface area (Å²) in [5, 5.41) is 9.02. The Bertz CT molecular complexity index is 501. The molecular formula is C17H31N5O2. The lowest BCUT2D eigenvalue weighted by atomic mass is 9.97. The summed E-state index contributed by atoms with van der Waals surface area (Å²) < 4.78 is 12.8. The van der Waals surface area contributed by atoms with Crippen LogP contribution in [0.4, 0.5) is 0 Å². The predicted molar refractivity (Wildman–Crippen MR) is 92.0 cm³/mol. The number of nitrogens with zero attached hydrogens (tertiary/aromatic N) is 5. The van der Waals surface area contributed by atoms with Crippen LogP contribution >= 0.6 is 0 Å². The van der Waals surface area contributed by atoms with E-state index >= 15 is 0 Å². The Morgan fingerprint density at radius 2 is 2.00 bits per heavy atom. The molecule has 1 aromatic rings. The van der Waals surface area contributed by atoms with Crippen LogP contribution in [0.15, 0.2) is 0 Å². The van der Waals surface area contributed by atoms with Crippen molar-refractivity contribution < 1.29 is 9.47 Å². The van der Waals surface area contributed by atoms with E-state index in [1.807, 2.05) is 0 Å². The molecule has 0 radical (unpaired) electrons. The van der Waals surface area contributed by atoms with Crippen molar-refractivity contribution in [2.24, 2.45) is 7.05 Å². The van der Waals surface area contributed by atoms with E-state index in [0.717, 1.165) is 70.6 Å². The minimum absolute atomic E-state index is 0.497. The van der Waals surface area contributed by atoms with Gasteiger partial charge in [-0.15, -0.1) is 10.2 Å². The molecule has 0 unspecified atom stereocenters. The zero-order valence-electron chi connectivity index (χ0n) is 15.1. The Kier molecular flexibility index (Phi) is 6.59. The fraction of sp³-hybridized carbons (Fsp3) is 0.882. The molecular weight excluding hydrogens is 306 g/mol. The first-order valence-corrected chi connectivity index (χ1v) is 9.17. The molecule has 24 heavy (non-hydrogen) atoms. The van der Waals surface area contributed by atoms with Crippen LogP contribution in [-0.2, 0) is 23.1 Å². The molecule has 0 aromatic carbocycles. The lowest BCUT2D eigenvalue weighted by Crippen LogP contribution is -2.37. The lowest BCUT2D eigenvalue weighted by molar-refractivity contribution is 0.0326. The quantitative estimate of drug-likeness (QED) is 0.688. The standard InChI is InChI=1S/C17H31N5O2/c1-20-16(14-22-8-11-24-12-9-22)18-19-17(20)15-5-3-6-21(13-15)7-4-10-23-2/h15H,3-14H2,1-2H3/t15-/m1/s1. The SMILES string of the molecule is COCCCN1CCC[C@@H](c2nnc(CN3CCOCC3)n2C)C1. The second-order valence-corrected chi connectivity index (χ2v) is 6.91. The molecule has 2 aliphatic rings. The summed E-state index contributed by atoms with van der Waals surface area (Å²) in [6.45, 7) is 8.73. The van der Waals surface area contributed by atoms with Gasteiger partial charge >= 0.3 is 0 Å². The fourth-order valence-corrected chi connectivity index (χ4v) is 3.73. The van der Waals surface area contributed by atoms with Gasteiger partial charge < -0.3 is 18.9 Å². The highest BCUT2D eigenvalue weighted by molar-refractivity contribution is 5.04.